The molecule has 5 nitrogen and oxygen atoms in total. The lowest BCUT2D eigenvalue weighted by atomic mass is 10.2. The van der Waals surface area contributed by atoms with Gasteiger partial charge in [0.05, 0.1) is 24.3 Å². The maximum atomic E-state index is 11.5. The summed E-state index contributed by atoms with van der Waals surface area (Å²) in [6.07, 6.45) is 2.49. The Morgan fingerprint density at radius 1 is 1.53 bits per heavy atom. The van der Waals surface area contributed by atoms with E-state index in [1.54, 1.807) is 6.26 Å². The van der Waals surface area contributed by atoms with E-state index >= 15 is 0 Å². The minimum absolute atomic E-state index is 0.118. The van der Waals surface area contributed by atoms with Crippen molar-refractivity contribution in [2.75, 3.05) is 25.1 Å². The SMILES string of the molecule is CCNCc1coc(CN(C)C2CCS(=O)(=O)C2)c1. The van der Waals surface area contributed by atoms with Crippen LogP contribution in [0.15, 0.2) is 16.7 Å². The molecule has 1 unspecified atom stereocenters. The van der Waals surface area contributed by atoms with Crippen molar-refractivity contribution in [1.29, 1.82) is 0 Å². The first kappa shape index (κ1) is 14.6. The standard InChI is InChI=1S/C13H22N2O3S/c1-3-14-7-11-6-13(18-9-11)8-15(2)12-4-5-19(16,17)10-12/h6,9,12,14H,3-5,7-8,10H2,1-2H3. The lowest BCUT2D eigenvalue weighted by Crippen LogP contribution is -2.31. The molecule has 19 heavy (non-hydrogen) atoms. The maximum Gasteiger partial charge on any atom is 0.151 e. The number of hydrogen-bond donors (Lipinski definition) is 1. The molecule has 0 spiro atoms. The molecule has 1 saturated heterocycles. The quantitative estimate of drug-likeness (QED) is 0.845. The van der Waals surface area contributed by atoms with Gasteiger partial charge in [-0.15, -0.1) is 0 Å². The van der Waals surface area contributed by atoms with Crippen molar-refractivity contribution in [3.8, 4) is 0 Å². The van der Waals surface area contributed by atoms with E-state index in [0.717, 1.165) is 30.8 Å². The first-order valence-electron chi connectivity index (χ1n) is 6.68. The van der Waals surface area contributed by atoms with E-state index in [0.29, 0.717) is 12.3 Å². The van der Waals surface area contributed by atoms with Gasteiger partial charge in [-0.3, -0.25) is 4.90 Å². The Bertz CT molecular complexity index is 510. The molecular formula is C13H22N2O3S. The molecule has 0 bridgehead atoms. The van der Waals surface area contributed by atoms with Gasteiger partial charge in [0.2, 0.25) is 0 Å². The maximum absolute atomic E-state index is 11.5. The minimum atomic E-state index is -2.82. The van der Waals surface area contributed by atoms with Gasteiger partial charge in [-0.1, -0.05) is 6.92 Å². The largest absolute Gasteiger partial charge is 0.468 e. The van der Waals surface area contributed by atoms with Gasteiger partial charge in [0.25, 0.3) is 0 Å². The van der Waals surface area contributed by atoms with E-state index in [4.69, 9.17) is 4.42 Å². The highest BCUT2D eigenvalue weighted by atomic mass is 32.2. The molecule has 0 amide bonds. The summed E-state index contributed by atoms with van der Waals surface area (Å²) in [5.74, 6) is 1.47. The molecule has 1 atom stereocenters. The van der Waals surface area contributed by atoms with Gasteiger partial charge in [0.1, 0.15) is 5.76 Å². The smallest absolute Gasteiger partial charge is 0.151 e. The zero-order valence-corrected chi connectivity index (χ0v) is 12.4. The average Bonchev–Trinajstić information content (AvgIpc) is 2.93. The van der Waals surface area contributed by atoms with Crippen LogP contribution in [0.25, 0.3) is 0 Å². The van der Waals surface area contributed by atoms with Gasteiger partial charge in [-0.25, -0.2) is 8.42 Å². The number of hydrogen-bond acceptors (Lipinski definition) is 5. The van der Waals surface area contributed by atoms with Crippen LogP contribution in [0.4, 0.5) is 0 Å². The molecule has 1 aromatic rings. The molecule has 1 fully saturated rings. The number of nitrogens with one attached hydrogen (secondary N) is 1. The topological polar surface area (TPSA) is 62.6 Å². The van der Waals surface area contributed by atoms with Crippen molar-refractivity contribution >= 4 is 9.84 Å². The van der Waals surface area contributed by atoms with E-state index in [-0.39, 0.29) is 11.8 Å². The zero-order valence-electron chi connectivity index (χ0n) is 11.6. The second kappa shape index (κ2) is 6.07. The summed E-state index contributed by atoms with van der Waals surface area (Å²) in [5.41, 5.74) is 1.13. The molecule has 2 heterocycles. The van der Waals surface area contributed by atoms with Crippen LogP contribution in [0, 0.1) is 0 Å². The number of rotatable bonds is 6. The Balaban J connectivity index is 1.88. The van der Waals surface area contributed by atoms with Crippen molar-refractivity contribution in [2.45, 2.75) is 32.5 Å². The molecule has 2 rings (SSSR count). The Kier molecular flexibility index (Phi) is 4.65. The Hall–Kier alpha value is -0.850. The van der Waals surface area contributed by atoms with Crippen LogP contribution in [-0.2, 0) is 22.9 Å². The van der Waals surface area contributed by atoms with E-state index < -0.39 is 9.84 Å². The molecule has 1 aliphatic heterocycles. The third-order valence-corrected chi connectivity index (χ3v) is 5.27. The molecule has 1 aliphatic rings. The van der Waals surface area contributed by atoms with Crippen LogP contribution in [0.5, 0.6) is 0 Å². The van der Waals surface area contributed by atoms with Crippen LogP contribution in [0.2, 0.25) is 0 Å². The Morgan fingerprint density at radius 3 is 2.95 bits per heavy atom. The fourth-order valence-electron chi connectivity index (χ4n) is 2.37. The van der Waals surface area contributed by atoms with E-state index in [2.05, 4.69) is 17.1 Å². The van der Waals surface area contributed by atoms with E-state index in [1.165, 1.54) is 0 Å². The van der Waals surface area contributed by atoms with Gasteiger partial charge >= 0.3 is 0 Å². The minimum Gasteiger partial charge on any atom is -0.468 e. The van der Waals surface area contributed by atoms with Crippen LogP contribution < -0.4 is 5.32 Å². The van der Waals surface area contributed by atoms with Crippen molar-refractivity contribution in [1.82, 2.24) is 10.2 Å². The first-order valence-corrected chi connectivity index (χ1v) is 8.50. The predicted octanol–water partition coefficient (Wildman–Crippen LogP) is 1.01. The predicted molar refractivity (Wildman–Crippen MR) is 74.6 cm³/mol. The summed E-state index contributed by atoms with van der Waals surface area (Å²) in [6.45, 7) is 4.46. The third kappa shape index (κ3) is 4.06. The fraction of sp³-hybridized carbons (Fsp3) is 0.692. The highest BCUT2D eigenvalue weighted by Gasteiger charge is 2.30. The number of nitrogens with zero attached hydrogens (tertiary/aromatic N) is 1. The van der Waals surface area contributed by atoms with Crippen molar-refractivity contribution in [3.05, 3.63) is 23.7 Å². The molecule has 0 aromatic carbocycles. The van der Waals surface area contributed by atoms with Crippen LogP contribution >= 0.6 is 0 Å². The van der Waals surface area contributed by atoms with Crippen LogP contribution in [0.1, 0.15) is 24.7 Å². The second-order valence-electron chi connectivity index (χ2n) is 5.17. The monoisotopic (exact) mass is 286 g/mol. The highest BCUT2D eigenvalue weighted by Crippen LogP contribution is 2.19. The molecule has 0 saturated carbocycles. The van der Waals surface area contributed by atoms with Crippen molar-refractivity contribution < 1.29 is 12.8 Å². The van der Waals surface area contributed by atoms with Crippen LogP contribution in [-0.4, -0.2) is 44.5 Å². The molecule has 6 heteroatoms. The van der Waals surface area contributed by atoms with Gasteiger partial charge in [0.15, 0.2) is 9.84 Å². The molecule has 0 aliphatic carbocycles. The van der Waals surface area contributed by atoms with Crippen molar-refractivity contribution in [3.63, 3.8) is 0 Å². The molecule has 0 radical (unpaired) electrons. The normalized spacial score (nSPS) is 22.2. The summed E-state index contributed by atoms with van der Waals surface area (Å²) >= 11 is 0. The zero-order chi connectivity index (χ0) is 13.9. The molecular weight excluding hydrogens is 264 g/mol. The van der Waals surface area contributed by atoms with E-state index in [1.807, 2.05) is 13.1 Å². The van der Waals surface area contributed by atoms with Gasteiger partial charge < -0.3 is 9.73 Å². The van der Waals surface area contributed by atoms with Crippen LogP contribution in [0.3, 0.4) is 0 Å². The Morgan fingerprint density at radius 2 is 2.32 bits per heavy atom. The van der Waals surface area contributed by atoms with Crippen molar-refractivity contribution in [2.24, 2.45) is 0 Å². The Labute approximate surface area is 114 Å². The van der Waals surface area contributed by atoms with Gasteiger partial charge in [-0.2, -0.15) is 0 Å². The first-order chi connectivity index (χ1) is 9.00. The highest BCUT2D eigenvalue weighted by molar-refractivity contribution is 7.91. The second-order valence-corrected chi connectivity index (χ2v) is 7.40. The number of sulfone groups is 1. The molecule has 1 N–H and O–H groups in total. The summed E-state index contributed by atoms with van der Waals surface area (Å²) in [7, 11) is -0.865. The lowest BCUT2D eigenvalue weighted by molar-refractivity contribution is 0.234. The summed E-state index contributed by atoms with van der Waals surface area (Å²) in [6, 6.07) is 2.15. The fourth-order valence-corrected chi connectivity index (χ4v) is 4.17. The summed E-state index contributed by atoms with van der Waals surface area (Å²) < 4.78 is 28.4. The molecule has 1 aromatic heterocycles. The van der Waals surface area contributed by atoms with Gasteiger partial charge in [-0.05, 0) is 26.1 Å². The third-order valence-electron chi connectivity index (χ3n) is 3.52. The van der Waals surface area contributed by atoms with Gasteiger partial charge in [0, 0.05) is 18.2 Å². The summed E-state index contributed by atoms with van der Waals surface area (Å²) in [4.78, 5) is 2.07. The summed E-state index contributed by atoms with van der Waals surface area (Å²) in [5, 5.41) is 3.24. The lowest BCUT2D eigenvalue weighted by Gasteiger charge is -2.21. The molecule has 108 valence electrons. The van der Waals surface area contributed by atoms with E-state index in [9.17, 15) is 8.42 Å². The number of furan rings is 1. The average molecular weight is 286 g/mol.